The van der Waals surface area contributed by atoms with Crippen LogP contribution in [0.5, 0.6) is 0 Å². The lowest BCUT2D eigenvalue weighted by atomic mass is 10.4. The van der Waals surface area contributed by atoms with Crippen LogP contribution in [0.1, 0.15) is 0 Å². The van der Waals surface area contributed by atoms with E-state index in [2.05, 4.69) is 0 Å². The van der Waals surface area contributed by atoms with Crippen molar-refractivity contribution in [2.75, 3.05) is 0 Å². The van der Waals surface area contributed by atoms with Crippen LogP contribution in [0.25, 0.3) is 0 Å². The predicted octanol–water partition coefficient (Wildman–Crippen LogP) is 3.54. The third kappa shape index (κ3) is 6.78. The fraction of sp³-hybridized carbons (Fsp3) is 0. The molecule has 0 aliphatic heterocycles. The number of rotatable bonds is 0. The van der Waals surface area contributed by atoms with Crippen molar-refractivity contribution < 1.29 is 0 Å². The molecule has 0 fully saturated rings. The predicted molar refractivity (Wildman–Crippen MR) is 57.9 cm³/mol. The van der Waals surface area contributed by atoms with E-state index >= 15 is 0 Å². The fourth-order valence-electron chi connectivity index (χ4n) is 0.770. The van der Waals surface area contributed by atoms with Gasteiger partial charge in [0.15, 0.2) is 0 Å². The van der Waals surface area contributed by atoms with Crippen molar-refractivity contribution >= 4 is 0 Å². The van der Waals surface area contributed by atoms with E-state index < -0.39 is 0 Å². The average molecular weight is 173 g/mol. The normalized spacial score (nSPS) is 7.38. The number of benzene rings is 2. The van der Waals surface area contributed by atoms with Crippen LogP contribution in [0.3, 0.4) is 0 Å². The van der Waals surface area contributed by atoms with Crippen molar-refractivity contribution in [1.29, 1.82) is 0 Å². The minimum absolute atomic E-state index is 0. The maximum absolute atomic E-state index is 2.00. The van der Waals surface area contributed by atoms with Gasteiger partial charge in [0.1, 0.15) is 0 Å². The third-order valence-electron chi connectivity index (χ3n) is 1.33. The molecule has 0 aliphatic carbocycles. The van der Waals surface area contributed by atoms with Gasteiger partial charge in [0.25, 0.3) is 0 Å². The van der Waals surface area contributed by atoms with Crippen LogP contribution in [-0.4, -0.2) is 0 Å². The van der Waals surface area contributed by atoms with Crippen LogP contribution in [0.15, 0.2) is 72.8 Å². The summed E-state index contributed by atoms with van der Waals surface area (Å²) in [6.45, 7) is 0. The van der Waals surface area contributed by atoms with E-state index in [1.165, 1.54) is 0 Å². The number of hydrogen-bond acceptors (Lipinski definition) is 1. The van der Waals surface area contributed by atoms with Crippen LogP contribution >= 0.6 is 0 Å². The van der Waals surface area contributed by atoms with E-state index in [4.69, 9.17) is 0 Å². The van der Waals surface area contributed by atoms with E-state index in [9.17, 15) is 0 Å². The van der Waals surface area contributed by atoms with E-state index in [1.807, 2.05) is 72.8 Å². The molecule has 0 bridgehead atoms. The van der Waals surface area contributed by atoms with Gasteiger partial charge >= 0.3 is 0 Å². The van der Waals surface area contributed by atoms with Gasteiger partial charge in [-0.15, -0.1) is 0 Å². The minimum atomic E-state index is 0. The Hall–Kier alpha value is -1.60. The lowest BCUT2D eigenvalue weighted by Crippen LogP contribution is -1.47. The smallest absolute Gasteiger partial charge is 0.0623 e. The maximum atomic E-state index is 2.00. The Morgan fingerprint density at radius 1 is 0.231 bits per heavy atom. The first-order valence-corrected chi connectivity index (χ1v) is 4.00. The molecule has 0 saturated carbocycles. The second kappa shape index (κ2) is 8.50. The molecule has 0 radical (unpaired) electrons. The van der Waals surface area contributed by atoms with Crippen LogP contribution in [0, 0.1) is 0 Å². The van der Waals surface area contributed by atoms with Gasteiger partial charge in [0.2, 0.25) is 0 Å². The highest BCUT2D eigenvalue weighted by Gasteiger charge is 1.58. The molecule has 2 aromatic rings. The average Bonchev–Trinajstić information content (AvgIpc) is 2.24. The Morgan fingerprint density at radius 2 is 0.308 bits per heavy atom. The molecule has 0 atom stereocenters. The largest absolute Gasteiger partial charge is 0.344 e. The van der Waals surface area contributed by atoms with Gasteiger partial charge < -0.3 is 6.15 Å². The Bertz CT molecular complexity index is 181. The molecule has 0 spiro atoms. The highest BCUT2D eigenvalue weighted by Crippen LogP contribution is 1.80. The molecular formula is C12H15N. The molecule has 2 aromatic carbocycles. The Kier molecular flexibility index (Phi) is 7.45. The van der Waals surface area contributed by atoms with Gasteiger partial charge in [0.05, 0.1) is 0 Å². The molecule has 0 saturated heterocycles. The Morgan fingerprint density at radius 3 is 0.385 bits per heavy atom. The lowest BCUT2D eigenvalue weighted by Gasteiger charge is -1.69. The molecular weight excluding hydrogens is 158 g/mol. The van der Waals surface area contributed by atoms with Crippen LogP contribution in [0.4, 0.5) is 0 Å². The zero-order valence-corrected chi connectivity index (χ0v) is 7.64. The molecule has 1 heteroatoms. The first-order valence-electron chi connectivity index (χ1n) is 4.00. The first kappa shape index (κ1) is 11.4. The van der Waals surface area contributed by atoms with Gasteiger partial charge in [0, 0.05) is 0 Å². The van der Waals surface area contributed by atoms with Gasteiger partial charge in [-0.25, -0.2) is 0 Å². The van der Waals surface area contributed by atoms with Gasteiger partial charge in [-0.05, 0) is 0 Å². The van der Waals surface area contributed by atoms with Gasteiger partial charge in [-0.2, -0.15) is 0 Å². The van der Waals surface area contributed by atoms with Crippen molar-refractivity contribution in [3.8, 4) is 0 Å². The zero-order valence-electron chi connectivity index (χ0n) is 7.64. The SMILES string of the molecule is N.c1ccccc1.c1ccccc1. The summed E-state index contributed by atoms with van der Waals surface area (Å²) in [5.41, 5.74) is 0. The monoisotopic (exact) mass is 173 g/mol. The van der Waals surface area contributed by atoms with Crippen molar-refractivity contribution in [2.45, 2.75) is 0 Å². The molecule has 3 N–H and O–H groups in total. The van der Waals surface area contributed by atoms with Crippen molar-refractivity contribution in [2.24, 2.45) is 0 Å². The Balaban J connectivity index is 0.000000206. The summed E-state index contributed by atoms with van der Waals surface area (Å²) in [4.78, 5) is 0. The zero-order chi connectivity index (χ0) is 8.49. The summed E-state index contributed by atoms with van der Waals surface area (Å²) < 4.78 is 0. The highest BCUT2D eigenvalue weighted by molar-refractivity contribution is 4.99. The first-order chi connectivity index (χ1) is 6.00. The molecule has 1 nitrogen and oxygen atoms in total. The van der Waals surface area contributed by atoms with Crippen LogP contribution in [0.2, 0.25) is 0 Å². The minimum Gasteiger partial charge on any atom is -0.344 e. The summed E-state index contributed by atoms with van der Waals surface area (Å²) in [6.07, 6.45) is 0. The molecule has 13 heavy (non-hydrogen) atoms. The van der Waals surface area contributed by atoms with Crippen molar-refractivity contribution in [3.05, 3.63) is 72.8 Å². The summed E-state index contributed by atoms with van der Waals surface area (Å²) in [7, 11) is 0. The quantitative estimate of drug-likeness (QED) is 0.649. The second-order valence-electron chi connectivity index (χ2n) is 2.31. The topological polar surface area (TPSA) is 35.0 Å². The van der Waals surface area contributed by atoms with Crippen LogP contribution < -0.4 is 6.15 Å². The molecule has 0 heterocycles. The summed E-state index contributed by atoms with van der Waals surface area (Å²) in [6, 6.07) is 24.0. The molecule has 0 unspecified atom stereocenters. The summed E-state index contributed by atoms with van der Waals surface area (Å²) in [5.74, 6) is 0. The van der Waals surface area contributed by atoms with Crippen LogP contribution in [-0.2, 0) is 0 Å². The summed E-state index contributed by atoms with van der Waals surface area (Å²) in [5, 5.41) is 0. The summed E-state index contributed by atoms with van der Waals surface area (Å²) >= 11 is 0. The molecule has 0 aromatic heterocycles. The van der Waals surface area contributed by atoms with E-state index in [0.29, 0.717) is 0 Å². The molecule has 2 rings (SSSR count). The lowest BCUT2D eigenvalue weighted by molar-refractivity contribution is 1.72. The fourth-order valence-corrected chi connectivity index (χ4v) is 0.770. The maximum Gasteiger partial charge on any atom is -0.0623 e. The van der Waals surface area contributed by atoms with Crippen molar-refractivity contribution in [1.82, 2.24) is 6.15 Å². The van der Waals surface area contributed by atoms with E-state index in [1.54, 1.807) is 0 Å². The van der Waals surface area contributed by atoms with E-state index in [0.717, 1.165) is 0 Å². The third-order valence-corrected chi connectivity index (χ3v) is 1.33. The molecule has 0 amide bonds. The van der Waals surface area contributed by atoms with Gasteiger partial charge in [-0.3, -0.25) is 0 Å². The standard InChI is InChI=1S/2C6H6.H3N/c2*1-2-4-6-5-3-1;/h2*1-6H;1H3. The number of hydrogen-bond donors (Lipinski definition) is 1. The van der Waals surface area contributed by atoms with Gasteiger partial charge in [-0.1, -0.05) is 72.8 Å². The molecule has 68 valence electrons. The Labute approximate surface area is 79.6 Å². The van der Waals surface area contributed by atoms with E-state index in [-0.39, 0.29) is 6.15 Å². The van der Waals surface area contributed by atoms with Crippen molar-refractivity contribution in [3.63, 3.8) is 0 Å². The second-order valence-corrected chi connectivity index (χ2v) is 2.31. The highest BCUT2D eigenvalue weighted by atomic mass is 14.0. The molecule has 0 aliphatic rings.